The van der Waals surface area contributed by atoms with E-state index in [9.17, 15) is 9.59 Å². The molecular weight excluding hydrogens is 376 g/mol. The summed E-state index contributed by atoms with van der Waals surface area (Å²) in [6.45, 7) is 1.37. The van der Waals surface area contributed by atoms with E-state index >= 15 is 0 Å². The monoisotopic (exact) mass is 410 g/mol. The van der Waals surface area contributed by atoms with Crippen molar-refractivity contribution in [1.82, 2.24) is 10.2 Å². The number of rotatable bonds is 4. The van der Waals surface area contributed by atoms with Crippen molar-refractivity contribution in [1.29, 1.82) is 0 Å². The maximum absolute atomic E-state index is 13.8. The summed E-state index contributed by atoms with van der Waals surface area (Å²) in [5.74, 6) is -0.0494. The van der Waals surface area contributed by atoms with Gasteiger partial charge < -0.3 is 15.0 Å². The average Bonchev–Trinajstić information content (AvgIpc) is 3.48. The van der Waals surface area contributed by atoms with Crippen molar-refractivity contribution in [3.63, 3.8) is 0 Å². The maximum atomic E-state index is 13.8. The van der Waals surface area contributed by atoms with E-state index in [0.717, 1.165) is 69.1 Å². The molecule has 1 N–H and O–H groups in total. The van der Waals surface area contributed by atoms with Crippen LogP contribution >= 0.6 is 0 Å². The SMILES string of the molecule is O=C(NCC1CCCO1)C1c2ccccc2C(=O)N(C2CCCC2)C12CCCCC2. The number of benzene rings is 1. The minimum absolute atomic E-state index is 0.0790. The lowest BCUT2D eigenvalue weighted by atomic mass is 9.64. The average molecular weight is 411 g/mol. The zero-order chi connectivity index (χ0) is 20.6. The fourth-order valence-electron chi connectivity index (χ4n) is 6.60. The Morgan fingerprint density at radius 3 is 2.53 bits per heavy atom. The third kappa shape index (κ3) is 3.35. The molecule has 1 spiro atoms. The van der Waals surface area contributed by atoms with Gasteiger partial charge in [0.15, 0.2) is 0 Å². The van der Waals surface area contributed by atoms with Gasteiger partial charge in [-0.3, -0.25) is 9.59 Å². The Balaban J connectivity index is 1.54. The first kappa shape index (κ1) is 20.0. The molecule has 0 aromatic heterocycles. The van der Waals surface area contributed by atoms with Gasteiger partial charge in [0.1, 0.15) is 0 Å². The molecule has 2 unspecified atom stereocenters. The second-order valence-electron chi connectivity index (χ2n) is 9.68. The van der Waals surface area contributed by atoms with Crippen molar-refractivity contribution in [2.24, 2.45) is 0 Å². The van der Waals surface area contributed by atoms with Gasteiger partial charge in [-0.2, -0.15) is 0 Å². The molecule has 2 heterocycles. The van der Waals surface area contributed by atoms with E-state index in [1.807, 2.05) is 24.3 Å². The summed E-state index contributed by atoms with van der Waals surface area (Å²) in [5.41, 5.74) is 1.29. The first-order valence-corrected chi connectivity index (χ1v) is 12.0. The molecule has 2 amide bonds. The fraction of sp³-hybridized carbons (Fsp3) is 0.680. The van der Waals surface area contributed by atoms with E-state index < -0.39 is 0 Å². The molecule has 4 aliphatic rings. The van der Waals surface area contributed by atoms with E-state index in [1.165, 1.54) is 19.3 Å². The maximum Gasteiger partial charge on any atom is 0.254 e. The number of carbonyl (C=O) groups is 2. The molecule has 2 aliphatic heterocycles. The summed E-state index contributed by atoms with van der Waals surface area (Å²) in [5, 5.41) is 3.23. The van der Waals surface area contributed by atoms with E-state index in [-0.39, 0.29) is 35.4 Å². The molecular formula is C25H34N2O3. The van der Waals surface area contributed by atoms with Gasteiger partial charge in [-0.1, -0.05) is 50.3 Å². The van der Waals surface area contributed by atoms with E-state index in [4.69, 9.17) is 4.74 Å². The van der Waals surface area contributed by atoms with Gasteiger partial charge in [-0.25, -0.2) is 0 Å². The van der Waals surface area contributed by atoms with Crippen LogP contribution in [0.2, 0.25) is 0 Å². The van der Waals surface area contributed by atoms with Crippen molar-refractivity contribution in [2.75, 3.05) is 13.2 Å². The molecule has 162 valence electrons. The number of hydrogen-bond donors (Lipinski definition) is 1. The Labute approximate surface area is 179 Å². The van der Waals surface area contributed by atoms with Gasteiger partial charge in [-0.15, -0.1) is 0 Å². The third-order valence-electron chi connectivity index (χ3n) is 7.94. The number of amides is 2. The van der Waals surface area contributed by atoms with Crippen molar-refractivity contribution < 1.29 is 14.3 Å². The Morgan fingerprint density at radius 1 is 1.03 bits per heavy atom. The van der Waals surface area contributed by atoms with Crippen molar-refractivity contribution in [3.8, 4) is 0 Å². The van der Waals surface area contributed by atoms with Crippen LogP contribution in [0.1, 0.15) is 92.5 Å². The first-order chi connectivity index (χ1) is 14.7. The normalized spacial score (nSPS) is 28.7. The summed E-state index contributed by atoms with van der Waals surface area (Å²) in [6.07, 6.45) is 12.0. The van der Waals surface area contributed by atoms with Crippen LogP contribution in [0.3, 0.4) is 0 Å². The molecule has 0 bridgehead atoms. The lowest BCUT2D eigenvalue weighted by molar-refractivity contribution is -0.128. The number of nitrogens with one attached hydrogen (secondary N) is 1. The predicted molar refractivity (Wildman–Crippen MR) is 115 cm³/mol. The molecule has 5 heteroatoms. The number of ether oxygens (including phenoxy) is 1. The molecule has 3 fully saturated rings. The highest BCUT2D eigenvalue weighted by Crippen LogP contribution is 2.51. The van der Waals surface area contributed by atoms with Crippen molar-refractivity contribution in [2.45, 2.75) is 94.2 Å². The summed E-state index contributed by atoms with van der Waals surface area (Å²) in [4.78, 5) is 29.7. The van der Waals surface area contributed by atoms with Gasteiger partial charge in [0, 0.05) is 24.8 Å². The highest BCUT2D eigenvalue weighted by atomic mass is 16.5. The van der Waals surface area contributed by atoms with E-state index in [2.05, 4.69) is 10.2 Å². The Bertz CT molecular complexity index is 789. The quantitative estimate of drug-likeness (QED) is 0.811. The molecule has 30 heavy (non-hydrogen) atoms. The lowest BCUT2D eigenvalue weighted by Crippen LogP contribution is -2.65. The van der Waals surface area contributed by atoms with E-state index in [1.54, 1.807) is 0 Å². The third-order valence-corrected chi connectivity index (χ3v) is 7.94. The van der Waals surface area contributed by atoms with Crippen LogP contribution in [0.4, 0.5) is 0 Å². The molecule has 1 aromatic carbocycles. The molecule has 1 saturated heterocycles. The van der Waals surface area contributed by atoms with Crippen LogP contribution in [0.25, 0.3) is 0 Å². The van der Waals surface area contributed by atoms with Crippen LogP contribution in [-0.2, 0) is 9.53 Å². The summed E-state index contributed by atoms with van der Waals surface area (Å²) >= 11 is 0. The van der Waals surface area contributed by atoms with Crippen LogP contribution in [-0.4, -0.2) is 47.6 Å². The van der Waals surface area contributed by atoms with Crippen LogP contribution in [0.5, 0.6) is 0 Å². The topological polar surface area (TPSA) is 58.6 Å². The van der Waals surface area contributed by atoms with Crippen molar-refractivity contribution >= 4 is 11.8 Å². The molecule has 5 rings (SSSR count). The molecule has 2 aliphatic carbocycles. The number of nitrogens with zero attached hydrogens (tertiary/aromatic N) is 1. The molecule has 2 atom stereocenters. The Hall–Kier alpha value is -1.88. The van der Waals surface area contributed by atoms with E-state index in [0.29, 0.717) is 6.54 Å². The summed E-state index contributed by atoms with van der Waals surface area (Å²) in [6, 6.07) is 8.14. The number of fused-ring (bicyclic) bond motifs is 1. The minimum atomic E-state index is -0.376. The second-order valence-corrected chi connectivity index (χ2v) is 9.68. The zero-order valence-corrected chi connectivity index (χ0v) is 17.9. The molecule has 2 saturated carbocycles. The van der Waals surface area contributed by atoms with Gasteiger partial charge in [-0.05, 0) is 50.2 Å². The Morgan fingerprint density at radius 2 is 1.80 bits per heavy atom. The minimum Gasteiger partial charge on any atom is -0.376 e. The largest absolute Gasteiger partial charge is 0.376 e. The van der Waals surface area contributed by atoms with Gasteiger partial charge in [0.2, 0.25) is 5.91 Å². The van der Waals surface area contributed by atoms with Crippen molar-refractivity contribution in [3.05, 3.63) is 35.4 Å². The first-order valence-electron chi connectivity index (χ1n) is 12.0. The highest BCUT2D eigenvalue weighted by molar-refractivity contribution is 6.02. The number of hydrogen-bond acceptors (Lipinski definition) is 3. The highest BCUT2D eigenvalue weighted by Gasteiger charge is 2.56. The predicted octanol–water partition coefficient (Wildman–Crippen LogP) is 4.17. The van der Waals surface area contributed by atoms with Crippen LogP contribution in [0, 0.1) is 0 Å². The van der Waals surface area contributed by atoms with Gasteiger partial charge >= 0.3 is 0 Å². The molecule has 5 nitrogen and oxygen atoms in total. The number of carbonyl (C=O) groups excluding carboxylic acids is 2. The fourth-order valence-corrected chi connectivity index (χ4v) is 6.60. The molecule has 0 radical (unpaired) electrons. The van der Waals surface area contributed by atoms with Crippen LogP contribution in [0.15, 0.2) is 24.3 Å². The summed E-state index contributed by atoms with van der Waals surface area (Å²) < 4.78 is 5.74. The summed E-state index contributed by atoms with van der Waals surface area (Å²) in [7, 11) is 0. The standard InChI is InChI=1S/C25H34N2O3/c28-23(26-17-19-11-8-16-30-19)22-20-12-4-5-13-21(20)24(29)27(18-9-2-3-10-18)25(22)14-6-1-7-15-25/h4-5,12-13,18-19,22H,1-3,6-11,14-17H2,(H,26,28). The molecule has 1 aromatic rings. The lowest BCUT2D eigenvalue weighted by Gasteiger charge is -2.56. The zero-order valence-electron chi connectivity index (χ0n) is 17.9. The smallest absolute Gasteiger partial charge is 0.254 e. The van der Waals surface area contributed by atoms with Gasteiger partial charge in [0.25, 0.3) is 5.91 Å². The van der Waals surface area contributed by atoms with Crippen LogP contribution < -0.4 is 5.32 Å². The Kier molecular flexibility index (Phi) is 5.57. The van der Waals surface area contributed by atoms with Gasteiger partial charge in [0.05, 0.1) is 17.6 Å². The second kappa shape index (κ2) is 8.33.